The van der Waals surface area contributed by atoms with Crippen molar-refractivity contribution in [2.75, 3.05) is 19.9 Å². The fourth-order valence-corrected chi connectivity index (χ4v) is 5.06. The Balaban J connectivity index is 1.50. The molecule has 6 nitrogen and oxygen atoms in total. The number of carbonyl (C=O) groups excluding carboxylic acids is 1. The Bertz CT molecular complexity index is 1160. The predicted octanol–water partition coefficient (Wildman–Crippen LogP) is 5.01. The van der Waals surface area contributed by atoms with Gasteiger partial charge in [-0.05, 0) is 47.7 Å². The van der Waals surface area contributed by atoms with E-state index in [1.165, 1.54) is 22.2 Å². The van der Waals surface area contributed by atoms with Gasteiger partial charge >= 0.3 is 0 Å². The maximum atomic E-state index is 12.7. The van der Waals surface area contributed by atoms with Gasteiger partial charge in [-0.15, -0.1) is 21.5 Å². The number of hydrogen-bond donors (Lipinski definition) is 0. The van der Waals surface area contributed by atoms with Gasteiger partial charge in [0.25, 0.3) is 0 Å². The molecule has 4 aromatic rings. The van der Waals surface area contributed by atoms with Crippen molar-refractivity contribution in [3.8, 4) is 17.1 Å². The highest BCUT2D eigenvalue weighted by molar-refractivity contribution is 7.99. The Morgan fingerprint density at radius 2 is 1.85 bits per heavy atom. The topological polar surface area (TPSA) is 60.3 Å². The second-order valence-electron chi connectivity index (χ2n) is 7.54. The summed E-state index contributed by atoms with van der Waals surface area (Å²) in [6.07, 6.45) is 0.849. The summed E-state index contributed by atoms with van der Waals surface area (Å²) < 4.78 is 7.39. The molecule has 170 valence electrons. The molecule has 0 spiro atoms. The van der Waals surface area contributed by atoms with E-state index in [9.17, 15) is 4.79 Å². The van der Waals surface area contributed by atoms with Crippen LogP contribution in [0.5, 0.6) is 5.75 Å². The molecule has 0 radical (unpaired) electrons. The average Bonchev–Trinajstić information content (AvgIpc) is 3.51. The highest BCUT2D eigenvalue weighted by Gasteiger charge is 2.17. The van der Waals surface area contributed by atoms with Crippen molar-refractivity contribution in [2.45, 2.75) is 24.7 Å². The first kappa shape index (κ1) is 23.1. The lowest BCUT2D eigenvalue weighted by molar-refractivity contribution is -0.127. The number of ether oxygens (including phenoxy) is 1. The van der Waals surface area contributed by atoms with Gasteiger partial charge in [0.15, 0.2) is 11.0 Å². The molecular formula is C25H26N4O2S2. The fraction of sp³-hybridized carbons (Fsp3) is 0.240. The molecule has 0 aliphatic rings. The Kier molecular flexibility index (Phi) is 7.80. The van der Waals surface area contributed by atoms with Crippen molar-refractivity contribution in [3.63, 3.8) is 0 Å². The van der Waals surface area contributed by atoms with Crippen LogP contribution in [0.1, 0.15) is 10.4 Å². The van der Waals surface area contributed by atoms with Crippen LogP contribution in [0.4, 0.5) is 0 Å². The average molecular weight is 479 g/mol. The van der Waals surface area contributed by atoms with Crippen LogP contribution in [-0.4, -0.2) is 45.5 Å². The van der Waals surface area contributed by atoms with Crippen LogP contribution in [0.25, 0.3) is 11.4 Å². The Morgan fingerprint density at radius 3 is 2.55 bits per heavy atom. The first-order chi connectivity index (χ1) is 16.1. The highest BCUT2D eigenvalue weighted by atomic mass is 32.2. The number of thioether (sulfide) groups is 1. The molecule has 0 fully saturated rings. The highest BCUT2D eigenvalue weighted by Crippen LogP contribution is 2.26. The van der Waals surface area contributed by atoms with Crippen LogP contribution in [0.15, 0.2) is 77.3 Å². The van der Waals surface area contributed by atoms with Crippen molar-refractivity contribution in [1.29, 1.82) is 0 Å². The summed E-state index contributed by atoms with van der Waals surface area (Å²) in [6.45, 7) is 1.34. The third-order valence-corrected chi connectivity index (χ3v) is 7.07. The van der Waals surface area contributed by atoms with E-state index in [0.717, 1.165) is 35.3 Å². The molecule has 0 aliphatic carbocycles. The molecule has 0 N–H and O–H groups in total. The summed E-state index contributed by atoms with van der Waals surface area (Å²) in [4.78, 5) is 15.6. The number of benzene rings is 2. The van der Waals surface area contributed by atoms with E-state index in [0.29, 0.717) is 12.3 Å². The van der Waals surface area contributed by atoms with Crippen LogP contribution >= 0.6 is 23.1 Å². The molecule has 0 unspecified atom stereocenters. The molecule has 8 heteroatoms. The second-order valence-corrected chi connectivity index (χ2v) is 9.51. The van der Waals surface area contributed by atoms with E-state index in [1.807, 2.05) is 67.0 Å². The van der Waals surface area contributed by atoms with Crippen molar-refractivity contribution in [2.24, 2.45) is 0 Å². The van der Waals surface area contributed by atoms with Gasteiger partial charge < -0.3 is 14.2 Å². The molecule has 4 rings (SSSR count). The Hall–Kier alpha value is -3.10. The molecule has 2 aromatic heterocycles. The standard InChI is InChI=1S/C25H26N4O2S2/c1-28(17-22-9-6-16-32-22)23(30)18-33-25-27-26-24(20-10-12-21(31-2)13-11-20)29(25)15-14-19-7-4-3-5-8-19/h3-13,16H,14-15,17-18H2,1-2H3. The van der Waals surface area contributed by atoms with E-state index in [1.54, 1.807) is 23.3 Å². The number of nitrogens with zero attached hydrogens (tertiary/aromatic N) is 4. The smallest absolute Gasteiger partial charge is 0.233 e. The summed E-state index contributed by atoms with van der Waals surface area (Å²) in [6, 6.07) is 22.2. The molecule has 0 saturated carbocycles. The molecule has 0 aliphatic heterocycles. The lowest BCUT2D eigenvalue weighted by Crippen LogP contribution is -2.27. The van der Waals surface area contributed by atoms with E-state index in [-0.39, 0.29) is 5.91 Å². The number of carbonyl (C=O) groups is 1. The summed E-state index contributed by atoms with van der Waals surface area (Å²) >= 11 is 3.09. The van der Waals surface area contributed by atoms with Crippen molar-refractivity contribution in [1.82, 2.24) is 19.7 Å². The first-order valence-electron chi connectivity index (χ1n) is 10.6. The minimum absolute atomic E-state index is 0.0667. The lowest BCUT2D eigenvalue weighted by atomic mass is 10.1. The number of hydrogen-bond acceptors (Lipinski definition) is 6. The quantitative estimate of drug-likeness (QED) is 0.300. The van der Waals surface area contributed by atoms with Crippen molar-refractivity contribution in [3.05, 3.63) is 82.6 Å². The van der Waals surface area contributed by atoms with Crippen LogP contribution in [0, 0.1) is 0 Å². The lowest BCUT2D eigenvalue weighted by Gasteiger charge is -2.16. The van der Waals surface area contributed by atoms with Gasteiger partial charge in [0.05, 0.1) is 19.4 Å². The number of aryl methyl sites for hydroxylation is 1. The molecule has 2 heterocycles. The SMILES string of the molecule is COc1ccc(-c2nnc(SCC(=O)N(C)Cc3cccs3)n2CCc2ccccc2)cc1. The maximum absolute atomic E-state index is 12.7. The maximum Gasteiger partial charge on any atom is 0.233 e. The fourth-order valence-electron chi connectivity index (χ4n) is 3.40. The monoisotopic (exact) mass is 478 g/mol. The van der Waals surface area contributed by atoms with Gasteiger partial charge in [0, 0.05) is 24.0 Å². The molecule has 0 bridgehead atoms. The summed E-state index contributed by atoms with van der Waals surface area (Å²) in [5.41, 5.74) is 2.21. The predicted molar refractivity (Wildman–Crippen MR) is 134 cm³/mol. The second kappa shape index (κ2) is 11.2. The van der Waals surface area contributed by atoms with Gasteiger partial charge in [-0.1, -0.05) is 48.2 Å². The molecule has 1 amide bonds. The number of aromatic nitrogens is 3. The summed E-state index contributed by atoms with van der Waals surface area (Å²) in [7, 11) is 3.49. The molecule has 33 heavy (non-hydrogen) atoms. The zero-order valence-electron chi connectivity index (χ0n) is 18.7. The van der Waals surface area contributed by atoms with E-state index in [2.05, 4.69) is 26.9 Å². The molecular weight excluding hydrogens is 452 g/mol. The van der Waals surface area contributed by atoms with Gasteiger partial charge in [0.1, 0.15) is 5.75 Å². The van der Waals surface area contributed by atoms with Crippen molar-refractivity contribution < 1.29 is 9.53 Å². The van der Waals surface area contributed by atoms with Gasteiger partial charge in [0.2, 0.25) is 5.91 Å². The van der Waals surface area contributed by atoms with Gasteiger partial charge in [-0.25, -0.2) is 0 Å². The molecule has 0 saturated heterocycles. The van der Waals surface area contributed by atoms with E-state index >= 15 is 0 Å². The largest absolute Gasteiger partial charge is 0.497 e. The van der Waals surface area contributed by atoms with Crippen molar-refractivity contribution >= 4 is 29.0 Å². The van der Waals surface area contributed by atoms with Crippen LogP contribution in [0.2, 0.25) is 0 Å². The minimum Gasteiger partial charge on any atom is -0.497 e. The van der Waals surface area contributed by atoms with Gasteiger partial charge in [-0.2, -0.15) is 0 Å². The normalized spacial score (nSPS) is 10.8. The van der Waals surface area contributed by atoms with E-state index < -0.39 is 0 Å². The molecule has 2 aromatic carbocycles. The van der Waals surface area contributed by atoms with Crippen LogP contribution in [0.3, 0.4) is 0 Å². The summed E-state index contributed by atoms with van der Waals surface area (Å²) in [5.74, 6) is 1.96. The van der Waals surface area contributed by atoms with E-state index in [4.69, 9.17) is 4.74 Å². The minimum atomic E-state index is 0.0667. The first-order valence-corrected chi connectivity index (χ1v) is 12.5. The number of amides is 1. The van der Waals surface area contributed by atoms with Crippen LogP contribution < -0.4 is 4.74 Å². The van der Waals surface area contributed by atoms with Crippen LogP contribution in [-0.2, 0) is 24.3 Å². The zero-order chi connectivity index (χ0) is 23.0. The molecule has 0 atom stereocenters. The third-order valence-electron chi connectivity index (χ3n) is 5.26. The number of rotatable bonds is 10. The summed E-state index contributed by atoms with van der Waals surface area (Å²) in [5, 5.41) is 11.7. The zero-order valence-corrected chi connectivity index (χ0v) is 20.3. The Morgan fingerprint density at radius 1 is 1.06 bits per heavy atom. The number of thiophene rings is 1. The Labute approximate surface area is 202 Å². The third kappa shape index (κ3) is 6.03. The number of methoxy groups -OCH3 is 1. The van der Waals surface area contributed by atoms with Gasteiger partial charge in [-0.3, -0.25) is 4.79 Å².